The largest absolute Gasteiger partial charge is 0.462 e. The first-order valence-corrected chi connectivity index (χ1v) is 10.3. The van der Waals surface area contributed by atoms with Gasteiger partial charge in [0.2, 0.25) is 5.91 Å². The standard InChI is InChI=1S/C22H27N5O4/c1-3-31-21(29)17-8-9-20(23-15-17)26-10-5-11-27(13-12-26)22(30)25-19-7-4-6-18(14-19)24-16(2)28/h4,6-9,14-15H,3,5,10-13H2,1-2H3,(H,24,28)(H,25,30). The van der Waals surface area contributed by atoms with Gasteiger partial charge < -0.3 is 25.2 Å². The van der Waals surface area contributed by atoms with E-state index in [0.29, 0.717) is 43.2 Å². The first kappa shape index (κ1) is 22.1. The Kier molecular flexibility index (Phi) is 7.42. The molecule has 1 saturated heterocycles. The minimum atomic E-state index is -0.386. The second-order valence-corrected chi connectivity index (χ2v) is 7.15. The topological polar surface area (TPSA) is 104 Å². The summed E-state index contributed by atoms with van der Waals surface area (Å²) in [5, 5.41) is 5.59. The van der Waals surface area contributed by atoms with Gasteiger partial charge in [-0.1, -0.05) is 6.07 Å². The van der Waals surface area contributed by atoms with Gasteiger partial charge in [0.05, 0.1) is 12.2 Å². The highest BCUT2D eigenvalue weighted by Crippen LogP contribution is 2.18. The van der Waals surface area contributed by atoms with Gasteiger partial charge in [0, 0.05) is 50.7 Å². The molecule has 0 radical (unpaired) electrons. The maximum atomic E-state index is 12.7. The summed E-state index contributed by atoms with van der Waals surface area (Å²) in [6.45, 7) is 6.07. The Bertz CT molecular complexity index is 932. The number of carbonyl (C=O) groups is 3. The Balaban J connectivity index is 1.57. The van der Waals surface area contributed by atoms with Crippen molar-refractivity contribution in [3.63, 3.8) is 0 Å². The number of amides is 3. The smallest absolute Gasteiger partial charge is 0.339 e. The fourth-order valence-electron chi connectivity index (χ4n) is 3.34. The van der Waals surface area contributed by atoms with Gasteiger partial charge in [-0.15, -0.1) is 0 Å². The maximum absolute atomic E-state index is 12.7. The molecule has 9 heteroatoms. The number of aromatic nitrogens is 1. The van der Waals surface area contributed by atoms with E-state index in [4.69, 9.17) is 4.74 Å². The van der Waals surface area contributed by atoms with E-state index < -0.39 is 0 Å². The highest BCUT2D eigenvalue weighted by atomic mass is 16.5. The summed E-state index contributed by atoms with van der Waals surface area (Å²) in [5.41, 5.74) is 1.67. The van der Waals surface area contributed by atoms with Crippen molar-refractivity contribution in [3.05, 3.63) is 48.2 Å². The molecule has 0 spiro atoms. The van der Waals surface area contributed by atoms with E-state index in [1.54, 1.807) is 48.2 Å². The number of nitrogens with one attached hydrogen (secondary N) is 2. The first-order chi connectivity index (χ1) is 15.0. The monoisotopic (exact) mass is 425 g/mol. The molecule has 0 aliphatic carbocycles. The summed E-state index contributed by atoms with van der Waals surface area (Å²) >= 11 is 0. The second-order valence-electron chi connectivity index (χ2n) is 7.15. The first-order valence-electron chi connectivity index (χ1n) is 10.3. The molecule has 2 N–H and O–H groups in total. The van der Waals surface area contributed by atoms with E-state index in [0.717, 1.165) is 18.8 Å². The molecule has 0 saturated carbocycles. The molecule has 1 aliphatic rings. The molecule has 1 aromatic heterocycles. The molecular formula is C22H27N5O4. The minimum Gasteiger partial charge on any atom is -0.462 e. The van der Waals surface area contributed by atoms with E-state index in [-0.39, 0.29) is 17.9 Å². The molecule has 1 aromatic carbocycles. The van der Waals surface area contributed by atoms with Crippen molar-refractivity contribution in [1.82, 2.24) is 9.88 Å². The number of ether oxygens (including phenoxy) is 1. The van der Waals surface area contributed by atoms with E-state index in [1.165, 1.54) is 13.1 Å². The summed E-state index contributed by atoms with van der Waals surface area (Å²) in [7, 11) is 0. The maximum Gasteiger partial charge on any atom is 0.339 e. The van der Waals surface area contributed by atoms with Gasteiger partial charge in [-0.3, -0.25) is 4.79 Å². The number of hydrogen-bond donors (Lipinski definition) is 2. The number of hydrogen-bond acceptors (Lipinski definition) is 6. The molecule has 31 heavy (non-hydrogen) atoms. The lowest BCUT2D eigenvalue weighted by atomic mass is 10.2. The normalized spacial score (nSPS) is 13.9. The van der Waals surface area contributed by atoms with Gasteiger partial charge in [-0.25, -0.2) is 14.6 Å². The number of anilines is 3. The third kappa shape index (κ3) is 6.18. The number of rotatable bonds is 5. The van der Waals surface area contributed by atoms with Crippen LogP contribution < -0.4 is 15.5 Å². The average molecular weight is 425 g/mol. The van der Waals surface area contributed by atoms with Crippen molar-refractivity contribution in [2.45, 2.75) is 20.3 Å². The van der Waals surface area contributed by atoms with E-state index in [9.17, 15) is 14.4 Å². The Morgan fingerprint density at radius 1 is 1.03 bits per heavy atom. The van der Waals surface area contributed by atoms with Crippen LogP contribution in [-0.2, 0) is 9.53 Å². The van der Waals surface area contributed by atoms with Crippen molar-refractivity contribution in [2.24, 2.45) is 0 Å². The molecule has 1 aliphatic heterocycles. The fourth-order valence-corrected chi connectivity index (χ4v) is 3.34. The predicted molar refractivity (Wildman–Crippen MR) is 118 cm³/mol. The average Bonchev–Trinajstić information content (AvgIpc) is 3.00. The van der Waals surface area contributed by atoms with Crippen molar-refractivity contribution in [2.75, 3.05) is 48.3 Å². The van der Waals surface area contributed by atoms with Crippen molar-refractivity contribution >= 4 is 35.1 Å². The van der Waals surface area contributed by atoms with Crippen molar-refractivity contribution in [3.8, 4) is 0 Å². The molecule has 164 valence electrons. The quantitative estimate of drug-likeness (QED) is 0.714. The minimum absolute atomic E-state index is 0.167. The number of carbonyl (C=O) groups excluding carboxylic acids is 3. The zero-order chi connectivity index (χ0) is 22.2. The number of nitrogens with zero attached hydrogens (tertiary/aromatic N) is 3. The van der Waals surface area contributed by atoms with Crippen LogP contribution in [0.5, 0.6) is 0 Å². The zero-order valence-corrected chi connectivity index (χ0v) is 17.8. The Morgan fingerprint density at radius 3 is 2.48 bits per heavy atom. The van der Waals surface area contributed by atoms with Crippen LogP contribution in [0.1, 0.15) is 30.6 Å². The molecule has 1 fully saturated rings. The molecule has 3 rings (SSSR count). The van der Waals surface area contributed by atoms with Crippen molar-refractivity contribution in [1.29, 1.82) is 0 Å². The summed E-state index contributed by atoms with van der Waals surface area (Å²) in [6, 6.07) is 10.4. The van der Waals surface area contributed by atoms with Gasteiger partial charge in [-0.05, 0) is 43.7 Å². The summed E-state index contributed by atoms with van der Waals surface area (Å²) in [5.74, 6) is 0.209. The third-order valence-electron chi connectivity index (χ3n) is 4.80. The lowest BCUT2D eigenvalue weighted by molar-refractivity contribution is -0.114. The van der Waals surface area contributed by atoms with Crippen LogP contribution in [0.4, 0.5) is 22.0 Å². The lowest BCUT2D eigenvalue weighted by Crippen LogP contribution is -2.38. The highest BCUT2D eigenvalue weighted by molar-refractivity contribution is 5.92. The highest BCUT2D eigenvalue weighted by Gasteiger charge is 2.20. The van der Waals surface area contributed by atoms with Gasteiger partial charge in [0.1, 0.15) is 5.82 Å². The Labute approximate surface area is 181 Å². The molecule has 2 heterocycles. The van der Waals surface area contributed by atoms with Gasteiger partial charge in [0.15, 0.2) is 0 Å². The zero-order valence-electron chi connectivity index (χ0n) is 17.8. The van der Waals surface area contributed by atoms with Crippen LogP contribution in [0.3, 0.4) is 0 Å². The lowest BCUT2D eigenvalue weighted by Gasteiger charge is -2.23. The molecule has 0 unspecified atom stereocenters. The van der Waals surface area contributed by atoms with Gasteiger partial charge in [0.25, 0.3) is 0 Å². The Morgan fingerprint density at radius 2 is 1.81 bits per heavy atom. The second kappa shape index (κ2) is 10.4. The summed E-state index contributed by atoms with van der Waals surface area (Å²) in [4.78, 5) is 44.0. The summed E-state index contributed by atoms with van der Waals surface area (Å²) in [6.07, 6.45) is 2.31. The molecule has 9 nitrogen and oxygen atoms in total. The van der Waals surface area contributed by atoms with Gasteiger partial charge in [-0.2, -0.15) is 0 Å². The van der Waals surface area contributed by atoms with Crippen LogP contribution >= 0.6 is 0 Å². The van der Waals surface area contributed by atoms with Crippen molar-refractivity contribution < 1.29 is 19.1 Å². The molecule has 3 amide bonds. The summed E-state index contributed by atoms with van der Waals surface area (Å²) < 4.78 is 4.98. The van der Waals surface area contributed by atoms with Crippen LogP contribution in [-0.4, -0.2) is 60.6 Å². The molecule has 0 atom stereocenters. The van der Waals surface area contributed by atoms with Crippen LogP contribution in [0.2, 0.25) is 0 Å². The van der Waals surface area contributed by atoms with E-state index >= 15 is 0 Å². The number of esters is 1. The molecule has 2 aromatic rings. The van der Waals surface area contributed by atoms with E-state index in [1.807, 2.05) is 0 Å². The van der Waals surface area contributed by atoms with Crippen LogP contribution in [0.15, 0.2) is 42.6 Å². The SMILES string of the molecule is CCOC(=O)c1ccc(N2CCCN(C(=O)Nc3cccc(NC(C)=O)c3)CC2)nc1. The van der Waals surface area contributed by atoms with Crippen LogP contribution in [0.25, 0.3) is 0 Å². The number of pyridine rings is 1. The molecular weight excluding hydrogens is 398 g/mol. The van der Waals surface area contributed by atoms with E-state index in [2.05, 4.69) is 20.5 Å². The Hall–Kier alpha value is -3.62. The fraction of sp³-hybridized carbons (Fsp3) is 0.364. The predicted octanol–water partition coefficient (Wildman–Crippen LogP) is 2.96. The third-order valence-corrected chi connectivity index (χ3v) is 4.80. The molecule has 0 bridgehead atoms. The van der Waals surface area contributed by atoms with Crippen LogP contribution in [0, 0.1) is 0 Å². The van der Waals surface area contributed by atoms with Gasteiger partial charge >= 0.3 is 12.0 Å². The number of urea groups is 1. The number of benzene rings is 1.